The molecule has 2 N–H and O–H groups in total. The van der Waals surface area contributed by atoms with Crippen molar-refractivity contribution in [3.8, 4) is 0 Å². The van der Waals surface area contributed by atoms with Gasteiger partial charge in [0, 0.05) is 12.7 Å². The molecule has 17 heavy (non-hydrogen) atoms. The Bertz CT molecular complexity index is 501. The predicted octanol–water partition coefficient (Wildman–Crippen LogP) is 1.00. The molecule has 1 atom stereocenters. The Morgan fingerprint density at radius 2 is 1.82 bits per heavy atom. The van der Waals surface area contributed by atoms with Crippen molar-refractivity contribution in [1.82, 2.24) is 4.90 Å². The molecular formula is C13H14N2O2. The van der Waals surface area contributed by atoms with Crippen LogP contribution >= 0.6 is 0 Å². The zero-order valence-corrected chi connectivity index (χ0v) is 9.81. The fourth-order valence-electron chi connectivity index (χ4n) is 2.13. The Labute approximate surface area is 99.7 Å². The second kappa shape index (κ2) is 4.05. The van der Waals surface area contributed by atoms with Crippen molar-refractivity contribution in [2.24, 2.45) is 5.73 Å². The van der Waals surface area contributed by atoms with Gasteiger partial charge in [0.15, 0.2) is 0 Å². The number of nitrogens with two attached hydrogens (primary N) is 1. The summed E-state index contributed by atoms with van der Waals surface area (Å²) < 4.78 is 0. The van der Waals surface area contributed by atoms with Crippen LogP contribution < -0.4 is 5.73 Å². The molecule has 0 spiro atoms. The highest BCUT2D eigenvalue weighted by Gasteiger charge is 2.42. The lowest BCUT2D eigenvalue weighted by Gasteiger charge is -2.20. The maximum atomic E-state index is 11.8. The Morgan fingerprint density at radius 3 is 2.35 bits per heavy atom. The molecule has 1 saturated heterocycles. The number of rotatable bonds is 1. The monoisotopic (exact) mass is 230 g/mol. The molecule has 1 aromatic carbocycles. The molecule has 0 saturated carbocycles. The highest BCUT2D eigenvalue weighted by Crippen LogP contribution is 2.34. The topological polar surface area (TPSA) is 63.4 Å². The van der Waals surface area contributed by atoms with E-state index in [1.165, 1.54) is 4.90 Å². The molecule has 2 rings (SSSR count). The van der Waals surface area contributed by atoms with Gasteiger partial charge in [0.25, 0.3) is 11.7 Å². The SMILES string of the molecule is CC(N)=C1C(=O)C(=O)N(C)[C@@H]1c1ccccc1. The van der Waals surface area contributed by atoms with Crippen molar-refractivity contribution in [2.75, 3.05) is 7.05 Å². The minimum atomic E-state index is -0.501. The van der Waals surface area contributed by atoms with E-state index in [0.29, 0.717) is 11.3 Å². The standard InChI is InChI=1S/C13H14N2O2/c1-8(14)10-11(9-6-4-3-5-7-9)15(2)13(17)12(10)16/h3-7,11H,14H2,1-2H3/t11-/m1/s1. The normalized spacial score (nSPS) is 23.2. The summed E-state index contributed by atoms with van der Waals surface area (Å²) in [5.41, 5.74) is 7.41. The van der Waals surface area contributed by atoms with Crippen LogP contribution in [0.25, 0.3) is 0 Å². The Kier molecular flexibility index (Phi) is 2.71. The van der Waals surface area contributed by atoms with Crippen LogP contribution in [0.3, 0.4) is 0 Å². The molecule has 4 heteroatoms. The lowest BCUT2D eigenvalue weighted by atomic mass is 9.98. The second-order valence-electron chi connectivity index (χ2n) is 4.16. The maximum absolute atomic E-state index is 11.8. The molecule has 1 amide bonds. The summed E-state index contributed by atoms with van der Waals surface area (Å²) in [6, 6.07) is 9.05. The molecule has 0 radical (unpaired) electrons. The van der Waals surface area contributed by atoms with E-state index in [2.05, 4.69) is 0 Å². The van der Waals surface area contributed by atoms with E-state index in [1.54, 1.807) is 14.0 Å². The van der Waals surface area contributed by atoms with Gasteiger partial charge in [0.05, 0.1) is 11.6 Å². The van der Waals surface area contributed by atoms with E-state index in [0.717, 1.165) is 5.56 Å². The van der Waals surface area contributed by atoms with Crippen molar-refractivity contribution in [2.45, 2.75) is 13.0 Å². The first-order valence-corrected chi connectivity index (χ1v) is 5.36. The molecule has 1 aliphatic heterocycles. The summed E-state index contributed by atoms with van der Waals surface area (Å²) in [6.07, 6.45) is 0. The van der Waals surface area contributed by atoms with Crippen LogP contribution in [0.1, 0.15) is 18.5 Å². The minimum absolute atomic E-state index is 0.360. The Morgan fingerprint density at radius 1 is 1.24 bits per heavy atom. The van der Waals surface area contributed by atoms with Crippen molar-refractivity contribution < 1.29 is 9.59 Å². The van der Waals surface area contributed by atoms with Gasteiger partial charge in [-0.25, -0.2) is 0 Å². The first kappa shape index (κ1) is 11.4. The fraction of sp³-hybridized carbons (Fsp3) is 0.231. The second-order valence-corrected chi connectivity index (χ2v) is 4.16. The third-order valence-corrected chi connectivity index (χ3v) is 2.96. The molecule has 1 aromatic rings. The highest BCUT2D eigenvalue weighted by atomic mass is 16.2. The number of Topliss-reactive ketones (excluding diaryl/α,β-unsaturated/α-hetero) is 1. The van der Waals surface area contributed by atoms with Gasteiger partial charge >= 0.3 is 0 Å². The number of hydrogen-bond donors (Lipinski definition) is 1. The molecule has 1 aliphatic rings. The van der Waals surface area contributed by atoms with Gasteiger partial charge in [-0.2, -0.15) is 0 Å². The highest BCUT2D eigenvalue weighted by molar-refractivity contribution is 6.45. The smallest absolute Gasteiger partial charge is 0.295 e. The Hall–Kier alpha value is -2.10. The van der Waals surface area contributed by atoms with Crippen molar-refractivity contribution >= 4 is 11.7 Å². The molecule has 4 nitrogen and oxygen atoms in total. The summed E-state index contributed by atoms with van der Waals surface area (Å²) in [6.45, 7) is 1.65. The van der Waals surface area contributed by atoms with Crippen LogP contribution in [0, 0.1) is 0 Å². The van der Waals surface area contributed by atoms with Crippen molar-refractivity contribution in [1.29, 1.82) is 0 Å². The number of ketones is 1. The number of likely N-dealkylation sites (tertiary alicyclic amines) is 1. The molecule has 0 aliphatic carbocycles. The van der Waals surface area contributed by atoms with E-state index in [9.17, 15) is 9.59 Å². The summed E-state index contributed by atoms with van der Waals surface area (Å²) in [5.74, 6) is -1.000. The number of nitrogens with zero attached hydrogens (tertiary/aromatic N) is 1. The first-order valence-electron chi connectivity index (χ1n) is 5.36. The van der Waals surface area contributed by atoms with Crippen LogP contribution in [0.4, 0.5) is 0 Å². The van der Waals surface area contributed by atoms with Gasteiger partial charge in [-0.15, -0.1) is 0 Å². The fourth-order valence-corrected chi connectivity index (χ4v) is 2.13. The minimum Gasteiger partial charge on any atom is -0.402 e. The zero-order chi connectivity index (χ0) is 12.6. The number of benzene rings is 1. The lowest BCUT2D eigenvalue weighted by molar-refractivity contribution is -0.139. The van der Waals surface area contributed by atoms with Gasteiger partial charge in [0.2, 0.25) is 0 Å². The number of likely N-dealkylation sites (N-methyl/N-ethyl adjacent to an activating group) is 1. The number of carbonyl (C=O) groups is 2. The largest absolute Gasteiger partial charge is 0.402 e. The summed E-state index contributed by atoms with van der Waals surface area (Å²) in [4.78, 5) is 24.9. The molecule has 0 aromatic heterocycles. The van der Waals surface area contributed by atoms with Crippen LogP contribution in [-0.2, 0) is 9.59 Å². The van der Waals surface area contributed by atoms with Gasteiger partial charge in [-0.05, 0) is 12.5 Å². The summed E-state index contributed by atoms with van der Waals surface area (Å²) >= 11 is 0. The maximum Gasteiger partial charge on any atom is 0.295 e. The number of allylic oxidation sites excluding steroid dienone is 1. The number of amides is 1. The van der Waals surface area contributed by atoms with Crippen LogP contribution in [0.5, 0.6) is 0 Å². The average molecular weight is 230 g/mol. The lowest BCUT2D eigenvalue weighted by Crippen LogP contribution is -2.24. The van der Waals surface area contributed by atoms with E-state index in [-0.39, 0.29) is 6.04 Å². The van der Waals surface area contributed by atoms with Gasteiger partial charge in [0.1, 0.15) is 0 Å². The average Bonchev–Trinajstić information content (AvgIpc) is 2.55. The molecule has 88 valence electrons. The molecule has 0 bridgehead atoms. The van der Waals surface area contributed by atoms with Crippen LogP contribution in [0.2, 0.25) is 0 Å². The first-order chi connectivity index (χ1) is 8.04. The van der Waals surface area contributed by atoms with Crippen LogP contribution in [-0.4, -0.2) is 23.6 Å². The quantitative estimate of drug-likeness (QED) is 0.578. The Balaban J connectivity index is 2.56. The van der Waals surface area contributed by atoms with Crippen LogP contribution in [0.15, 0.2) is 41.6 Å². The number of carbonyl (C=O) groups excluding carboxylic acids is 2. The predicted molar refractivity (Wildman–Crippen MR) is 63.8 cm³/mol. The van der Waals surface area contributed by atoms with E-state index >= 15 is 0 Å². The third kappa shape index (κ3) is 1.71. The third-order valence-electron chi connectivity index (χ3n) is 2.96. The van der Waals surface area contributed by atoms with Gasteiger partial charge < -0.3 is 10.6 Å². The van der Waals surface area contributed by atoms with Gasteiger partial charge in [-0.3, -0.25) is 9.59 Å². The van der Waals surface area contributed by atoms with E-state index < -0.39 is 11.7 Å². The summed E-state index contributed by atoms with van der Waals surface area (Å²) in [7, 11) is 1.62. The molecule has 1 heterocycles. The zero-order valence-electron chi connectivity index (χ0n) is 9.81. The van der Waals surface area contributed by atoms with Gasteiger partial charge in [-0.1, -0.05) is 30.3 Å². The number of hydrogen-bond acceptors (Lipinski definition) is 3. The van der Waals surface area contributed by atoms with E-state index in [1.807, 2.05) is 30.3 Å². The molecule has 0 unspecified atom stereocenters. The molecular weight excluding hydrogens is 216 g/mol. The van der Waals surface area contributed by atoms with Crippen molar-refractivity contribution in [3.05, 3.63) is 47.2 Å². The molecule has 1 fully saturated rings. The van der Waals surface area contributed by atoms with Crippen molar-refractivity contribution in [3.63, 3.8) is 0 Å². The van der Waals surface area contributed by atoms with E-state index in [4.69, 9.17) is 5.73 Å². The summed E-state index contributed by atoms with van der Waals surface area (Å²) in [5, 5.41) is 0.